The molecular weight excluding hydrogens is 294 g/mol. The monoisotopic (exact) mass is 309 g/mol. The molecule has 2 rings (SSSR count). The van der Waals surface area contributed by atoms with Crippen LogP contribution in [0.2, 0.25) is 5.02 Å². The van der Waals surface area contributed by atoms with Crippen molar-refractivity contribution in [3.05, 3.63) is 50.7 Å². The summed E-state index contributed by atoms with van der Waals surface area (Å²) in [5, 5.41) is 13.0. The lowest BCUT2D eigenvalue weighted by molar-refractivity contribution is 0.0937. The zero-order valence-electron chi connectivity index (χ0n) is 11.3. The molecule has 3 nitrogen and oxygen atoms in total. The summed E-state index contributed by atoms with van der Waals surface area (Å²) in [5.41, 5.74) is 0.201. The van der Waals surface area contributed by atoms with Gasteiger partial charge in [-0.15, -0.1) is 11.3 Å². The molecule has 106 valence electrons. The maximum atomic E-state index is 12.1. The van der Waals surface area contributed by atoms with Gasteiger partial charge in [-0.25, -0.2) is 0 Å². The number of rotatable bonds is 4. The second kappa shape index (κ2) is 6.29. The van der Waals surface area contributed by atoms with E-state index in [2.05, 4.69) is 24.4 Å². The van der Waals surface area contributed by atoms with E-state index in [0.29, 0.717) is 5.02 Å². The molecule has 2 aromatic rings. The van der Waals surface area contributed by atoms with Gasteiger partial charge in [0.2, 0.25) is 0 Å². The first-order valence-corrected chi connectivity index (χ1v) is 7.50. The van der Waals surface area contributed by atoms with Crippen LogP contribution in [0.4, 0.5) is 0 Å². The molecular formula is C15H16ClNO2S. The van der Waals surface area contributed by atoms with Crippen molar-refractivity contribution in [2.24, 2.45) is 0 Å². The van der Waals surface area contributed by atoms with E-state index in [1.807, 2.05) is 6.92 Å². The Hall–Kier alpha value is -1.52. The number of aryl methyl sites for hydroxylation is 1. The van der Waals surface area contributed by atoms with Crippen LogP contribution in [0.25, 0.3) is 0 Å². The van der Waals surface area contributed by atoms with Gasteiger partial charge >= 0.3 is 0 Å². The SMILES string of the molecule is Cc1ccc(CC(C)NC(=O)c2cc(Cl)ccc2O)s1. The van der Waals surface area contributed by atoms with Gasteiger partial charge in [0.05, 0.1) is 5.56 Å². The number of hydrogen-bond acceptors (Lipinski definition) is 3. The molecule has 0 saturated heterocycles. The Labute approximate surface area is 127 Å². The Morgan fingerprint density at radius 1 is 1.40 bits per heavy atom. The Balaban J connectivity index is 2.02. The number of carbonyl (C=O) groups is 1. The van der Waals surface area contributed by atoms with Crippen LogP contribution in [-0.4, -0.2) is 17.1 Å². The maximum Gasteiger partial charge on any atom is 0.255 e. The van der Waals surface area contributed by atoms with E-state index >= 15 is 0 Å². The topological polar surface area (TPSA) is 49.3 Å². The van der Waals surface area contributed by atoms with Gasteiger partial charge in [0.15, 0.2) is 0 Å². The lowest BCUT2D eigenvalue weighted by atomic mass is 10.1. The quantitative estimate of drug-likeness (QED) is 0.903. The van der Waals surface area contributed by atoms with Gasteiger partial charge in [-0.05, 0) is 44.2 Å². The van der Waals surface area contributed by atoms with Crippen molar-refractivity contribution in [2.75, 3.05) is 0 Å². The first-order valence-electron chi connectivity index (χ1n) is 6.30. The molecule has 5 heteroatoms. The second-order valence-electron chi connectivity index (χ2n) is 4.75. The van der Waals surface area contributed by atoms with Crippen molar-refractivity contribution in [1.29, 1.82) is 0 Å². The van der Waals surface area contributed by atoms with E-state index in [1.54, 1.807) is 17.4 Å². The highest BCUT2D eigenvalue weighted by Crippen LogP contribution is 2.22. The highest BCUT2D eigenvalue weighted by Gasteiger charge is 2.15. The number of carbonyl (C=O) groups excluding carboxylic acids is 1. The molecule has 1 atom stereocenters. The minimum Gasteiger partial charge on any atom is -0.507 e. The summed E-state index contributed by atoms with van der Waals surface area (Å²) in [7, 11) is 0. The predicted octanol–water partition coefficient (Wildman–Crippen LogP) is 3.78. The minimum atomic E-state index is -0.314. The smallest absolute Gasteiger partial charge is 0.255 e. The fraction of sp³-hybridized carbons (Fsp3) is 0.267. The van der Waals surface area contributed by atoms with Crippen LogP contribution in [0.5, 0.6) is 5.75 Å². The summed E-state index contributed by atoms with van der Waals surface area (Å²) in [6, 6.07) is 8.56. The molecule has 0 saturated carbocycles. The number of nitrogens with one attached hydrogen (secondary N) is 1. The highest BCUT2D eigenvalue weighted by molar-refractivity contribution is 7.11. The van der Waals surface area contributed by atoms with Gasteiger partial charge in [0.25, 0.3) is 5.91 Å². The molecule has 0 aliphatic carbocycles. The summed E-state index contributed by atoms with van der Waals surface area (Å²) in [5.74, 6) is -0.378. The predicted molar refractivity (Wildman–Crippen MR) is 82.8 cm³/mol. The number of amides is 1. The number of phenolic OH excluding ortho intramolecular Hbond substituents is 1. The third kappa shape index (κ3) is 3.74. The molecule has 0 radical (unpaired) electrons. The van der Waals surface area contributed by atoms with Crippen LogP contribution in [0, 0.1) is 6.92 Å². The number of benzene rings is 1. The Bertz CT molecular complexity index is 624. The van der Waals surface area contributed by atoms with Crippen LogP contribution < -0.4 is 5.32 Å². The van der Waals surface area contributed by atoms with E-state index in [9.17, 15) is 9.90 Å². The summed E-state index contributed by atoms with van der Waals surface area (Å²) in [6.45, 7) is 4.00. The van der Waals surface area contributed by atoms with Crippen LogP contribution in [0.1, 0.15) is 27.0 Å². The van der Waals surface area contributed by atoms with Crippen molar-refractivity contribution >= 4 is 28.8 Å². The van der Waals surface area contributed by atoms with Gasteiger partial charge in [0, 0.05) is 27.2 Å². The van der Waals surface area contributed by atoms with Gasteiger partial charge < -0.3 is 10.4 Å². The fourth-order valence-corrected chi connectivity index (χ4v) is 3.13. The van der Waals surface area contributed by atoms with Crippen molar-refractivity contribution in [2.45, 2.75) is 26.3 Å². The zero-order valence-corrected chi connectivity index (χ0v) is 12.9. The molecule has 1 aromatic heterocycles. The van der Waals surface area contributed by atoms with Crippen LogP contribution >= 0.6 is 22.9 Å². The largest absolute Gasteiger partial charge is 0.507 e. The standard InChI is InChI=1S/C15H16ClNO2S/c1-9(7-12-5-3-10(2)20-12)17-15(19)13-8-11(16)4-6-14(13)18/h3-6,8-9,18H,7H2,1-2H3,(H,17,19). The Morgan fingerprint density at radius 2 is 2.15 bits per heavy atom. The molecule has 1 unspecified atom stereocenters. The molecule has 1 amide bonds. The second-order valence-corrected chi connectivity index (χ2v) is 6.56. The average molecular weight is 310 g/mol. The van der Waals surface area contributed by atoms with Gasteiger partial charge in [-0.2, -0.15) is 0 Å². The van der Waals surface area contributed by atoms with Crippen molar-refractivity contribution in [3.63, 3.8) is 0 Å². The van der Waals surface area contributed by atoms with Crippen molar-refractivity contribution < 1.29 is 9.90 Å². The first kappa shape index (κ1) is 14.9. The molecule has 1 aromatic carbocycles. The van der Waals surface area contributed by atoms with Gasteiger partial charge in [-0.3, -0.25) is 4.79 Å². The molecule has 20 heavy (non-hydrogen) atoms. The van der Waals surface area contributed by atoms with Crippen molar-refractivity contribution in [3.8, 4) is 5.75 Å². The van der Waals surface area contributed by atoms with Crippen molar-refractivity contribution in [1.82, 2.24) is 5.32 Å². The number of hydrogen-bond donors (Lipinski definition) is 2. The minimum absolute atomic E-state index is 0.0149. The van der Waals surface area contributed by atoms with E-state index < -0.39 is 0 Å². The molecule has 0 aliphatic rings. The molecule has 0 aliphatic heterocycles. The van der Waals surface area contributed by atoms with Crippen LogP contribution in [-0.2, 0) is 6.42 Å². The molecule has 0 bridgehead atoms. The third-order valence-corrected chi connectivity index (χ3v) is 4.14. The maximum absolute atomic E-state index is 12.1. The number of halogens is 1. The van der Waals surface area contributed by atoms with E-state index in [1.165, 1.54) is 21.9 Å². The summed E-state index contributed by atoms with van der Waals surface area (Å²) in [4.78, 5) is 14.6. The van der Waals surface area contributed by atoms with Crippen LogP contribution in [0.15, 0.2) is 30.3 Å². The van der Waals surface area contributed by atoms with Gasteiger partial charge in [-0.1, -0.05) is 11.6 Å². The van der Waals surface area contributed by atoms with E-state index in [4.69, 9.17) is 11.6 Å². The summed E-state index contributed by atoms with van der Waals surface area (Å²) >= 11 is 7.56. The third-order valence-electron chi connectivity index (χ3n) is 2.88. The molecule has 0 spiro atoms. The van der Waals surface area contributed by atoms with E-state index in [-0.39, 0.29) is 23.3 Å². The average Bonchev–Trinajstić information content (AvgIpc) is 2.77. The number of aromatic hydroxyl groups is 1. The molecule has 1 heterocycles. The Morgan fingerprint density at radius 3 is 2.80 bits per heavy atom. The zero-order chi connectivity index (χ0) is 14.7. The number of thiophene rings is 1. The normalized spacial score (nSPS) is 12.2. The molecule has 2 N–H and O–H groups in total. The van der Waals surface area contributed by atoms with Gasteiger partial charge in [0.1, 0.15) is 5.75 Å². The Kier molecular flexibility index (Phi) is 4.68. The lowest BCUT2D eigenvalue weighted by Crippen LogP contribution is -2.33. The fourth-order valence-electron chi connectivity index (χ4n) is 1.94. The number of phenols is 1. The first-order chi connectivity index (χ1) is 9.45. The van der Waals surface area contributed by atoms with E-state index in [0.717, 1.165) is 6.42 Å². The highest BCUT2D eigenvalue weighted by atomic mass is 35.5. The van der Waals surface area contributed by atoms with Crippen LogP contribution in [0.3, 0.4) is 0 Å². The molecule has 0 fully saturated rings. The lowest BCUT2D eigenvalue weighted by Gasteiger charge is -2.13. The summed E-state index contributed by atoms with van der Waals surface area (Å²) < 4.78 is 0. The summed E-state index contributed by atoms with van der Waals surface area (Å²) in [6.07, 6.45) is 0.769.